The summed E-state index contributed by atoms with van der Waals surface area (Å²) in [6, 6.07) is 7.70. The molecule has 0 atom stereocenters. The van der Waals surface area contributed by atoms with Gasteiger partial charge in [0.1, 0.15) is 11.6 Å². The van der Waals surface area contributed by atoms with Crippen LogP contribution in [0.1, 0.15) is 35.3 Å². The molecule has 2 aliphatic rings. The topological polar surface area (TPSA) is 74.5 Å². The average Bonchev–Trinajstić information content (AvgIpc) is 2.88. The monoisotopic (exact) mass is 545 g/mol. The van der Waals surface area contributed by atoms with Gasteiger partial charge in [-0.3, -0.25) is 9.69 Å². The van der Waals surface area contributed by atoms with Gasteiger partial charge in [-0.2, -0.15) is 17.6 Å². The number of nitrogens with zero attached hydrogens (tertiary/aromatic N) is 3. The second-order valence-electron chi connectivity index (χ2n) is 10.1. The van der Waals surface area contributed by atoms with Crippen molar-refractivity contribution in [2.45, 2.75) is 32.5 Å². The predicted octanol–water partition coefficient (Wildman–Crippen LogP) is 5.11. The molecule has 1 fully saturated rings. The standard InChI is InChI=1S/C28H28F5N5O/c1-15(2)37-7-9-38(10-8-37)24-4-3-16(12-22(24)28(31,32)33)18-13-21(26(34)36-25(18)30)20-11-17-5-6-35-27(39)19(17)14-23(20)29/h3-4,11-15H,5-10H2,1-2H3,(H2,34,36)(H,35,39). The van der Waals surface area contributed by atoms with Crippen molar-refractivity contribution in [3.8, 4) is 22.3 Å². The van der Waals surface area contributed by atoms with Crippen LogP contribution in [0.3, 0.4) is 0 Å². The van der Waals surface area contributed by atoms with Gasteiger partial charge in [-0.1, -0.05) is 6.07 Å². The van der Waals surface area contributed by atoms with E-state index in [1.807, 2.05) is 13.8 Å². The third-order valence-electron chi connectivity index (χ3n) is 7.41. The molecule has 3 heterocycles. The van der Waals surface area contributed by atoms with Gasteiger partial charge in [-0.15, -0.1) is 0 Å². The Kier molecular flexibility index (Phi) is 6.96. The summed E-state index contributed by atoms with van der Waals surface area (Å²) in [5.41, 5.74) is 5.57. The lowest BCUT2D eigenvalue weighted by molar-refractivity contribution is -0.137. The van der Waals surface area contributed by atoms with Gasteiger partial charge in [-0.25, -0.2) is 9.37 Å². The molecule has 206 valence electrons. The lowest BCUT2D eigenvalue weighted by Gasteiger charge is -2.39. The SMILES string of the molecule is CC(C)N1CCN(c2ccc(-c3cc(-c4cc5c(cc4F)C(=O)NCC5)c(N)nc3F)cc2C(F)(F)F)CC1. The Balaban J connectivity index is 1.56. The summed E-state index contributed by atoms with van der Waals surface area (Å²) in [6.45, 7) is 6.58. The van der Waals surface area contributed by atoms with E-state index in [2.05, 4.69) is 15.2 Å². The van der Waals surface area contributed by atoms with Crippen molar-refractivity contribution in [3.63, 3.8) is 0 Å². The van der Waals surface area contributed by atoms with E-state index in [1.165, 1.54) is 24.3 Å². The first kappa shape index (κ1) is 26.9. The molecule has 3 N–H and O–H groups in total. The minimum absolute atomic E-state index is 0.00890. The van der Waals surface area contributed by atoms with Crippen molar-refractivity contribution in [2.24, 2.45) is 0 Å². The number of benzene rings is 2. The van der Waals surface area contributed by atoms with Crippen LogP contribution in [0.5, 0.6) is 0 Å². The molecule has 0 saturated carbocycles. The number of hydrogen-bond acceptors (Lipinski definition) is 5. The molecular formula is C28H28F5N5O. The van der Waals surface area contributed by atoms with Crippen molar-refractivity contribution in [3.05, 3.63) is 64.9 Å². The smallest absolute Gasteiger partial charge is 0.383 e. The quantitative estimate of drug-likeness (QED) is 0.352. The van der Waals surface area contributed by atoms with Gasteiger partial charge in [-0.05, 0) is 61.7 Å². The van der Waals surface area contributed by atoms with Gasteiger partial charge in [0.25, 0.3) is 5.91 Å². The highest BCUT2D eigenvalue weighted by atomic mass is 19.4. The van der Waals surface area contributed by atoms with E-state index in [4.69, 9.17) is 5.73 Å². The number of anilines is 2. The van der Waals surface area contributed by atoms with Crippen LogP contribution in [0.25, 0.3) is 22.3 Å². The van der Waals surface area contributed by atoms with Gasteiger partial charge >= 0.3 is 6.18 Å². The van der Waals surface area contributed by atoms with E-state index in [9.17, 15) is 18.0 Å². The number of carbonyl (C=O) groups is 1. The summed E-state index contributed by atoms with van der Waals surface area (Å²) in [4.78, 5) is 19.6. The van der Waals surface area contributed by atoms with Crippen molar-refractivity contribution < 1.29 is 26.7 Å². The van der Waals surface area contributed by atoms with Crippen molar-refractivity contribution >= 4 is 17.4 Å². The second-order valence-corrected chi connectivity index (χ2v) is 10.1. The Morgan fingerprint density at radius 3 is 2.33 bits per heavy atom. The van der Waals surface area contributed by atoms with Gasteiger partial charge in [0, 0.05) is 66.7 Å². The van der Waals surface area contributed by atoms with Crippen LogP contribution >= 0.6 is 0 Å². The molecule has 5 rings (SSSR count). The Hall–Kier alpha value is -3.73. The molecule has 11 heteroatoms. The molecule has 2 aliphatic heterocycles. The van der Waals surface area contributed by atoms with E-state index in [0.29, 0.717) is 50.7 Å². The zero-order valence-electron chi connectivity index (χ0n) is 21.5. The minimum Gasteiger partial charge on any atom is -0.383 e. The molecule has 1 aromatic heterocycles. The van der Waals surface area contributed by atoms with Crippen LogP contribution in [0, 0.1) is 11.8 Å². The van der Waals surface area contributed by atoms with Gasteiger partial charge < -0.3 is 16.0 Å². The average molecular weight is 546 g/mol. The first-order chi connectivity index (χ1) is 18.4. The molecule has 1 amide bonds. The molecule has 39 heavy (non-hydrogen) atoms. The highest BCUT2D eigenvalue weighted by molar-refractivity contribution is 5.97. The summed E-state index contributed by atoms with van der Waals surface area (Å²) in [6.07, 6.45) is -4.23. The zero-order valence-corrected chi connectivity index (χ0v) is 21.5. The van der Waals surface area contributed by atoms with Crippen molar-refractivity contribution in [1.29, 1.82) is 0 Å². The second kappa shape index (κ2) is 10.1. The Morgan fingerprint density at radius 1 is 0.949 bits per heavy atom. The molecule has 0 unspecified atom stereocenters. The Labute approximate surface area is 222 Å². The number of fused-ring (bicyclic) bond motifs is 1. The van der Waals surface area contributed by atoms with E-state index in [1.54, 1.807) is 4.90 Å². The Bertz CT molecular complexity index is 1430. The number of piperazine rings is 1. The van der Waals surface area contributed by atoms with Crippen LogP contribution in [0.2, 0.25) is 0 Å². The largest absolute Gasteiger partial charge is 0.418 e. The fourth-order valence-electron chi connectivity index (χ4n) is 5.26. The van der Waals surface area contributed by atoms with E-state index in [-0.39, 0.29) is 39.3 Å². The number of alkyl halides is 3. The van der Waals surface area contributed by atoms with Crippen LogP contribution in [0.15, 0.2) is 36.4 Å². The number of hydrogen-bond donors (Lipinski definition) is 2. The van der Waals surface area contributed by atoms with E-state index in [0.717, 1.165) is 12.1 Å². The lowest BCUT2D eigenvalue weighted by Crippen LogP contribution is -2.49. The zero-order chi connectivity index (χ0) is 28.1. The first-order valence-corrected chi connectivity index (χ1v) is 12.7. The van der Waals surface area contributed by atoms with Gasteiger partial charge in [0.2, 0.25) is 5.95 Å². The molecule has 1 saturated heterocycles. The number of nitrogen functional groups attached to an aromatic ring is 1. The minimum atomic E-state index is -4.69. The third-order valence-corrected chi connectivity index (χ3v) is 7.41. The van der Waals surface area contributed by atoms with Crippen molar-refractivity contribution in [1.82, 2.24) is 15.2 Å². The summed E-state index contributed by atoms with van der Waals surface area (Å²) >= 11 is 0. The number of nitrogens with two attached hydrogens (primary N) is 1. The number of rotatable bonds is 4. The molecule has 6 nitrogen and oxygen atoms in total. The molecule has 0 aliphatic carbocycles. The fraction of sp³-hybridized carbons (Fsp3) is 0.357. The maximum absolute atomic E-state index is 15.1. The maximum atomic E-state index is 15.1. The number of amides is 1. The van der Waals surface area contributed by atoms with Crippen molar-refractivity contribution in [2.75, 3.05) is 43.4 Å². The third kappa shape index (κ3) is 5.15. The van der Waals surface area contributed by atoms with Gasteiger partial charge in [0.05, 0.1) is 5.56 Å². The van der Waals surface area contributed by atoms with Crippen LogP contribution in [0.4, 0.5) is 33.5 Å². The predicted molar refractivity (Wildman–Crippen MR) is 139 cm³/mol. The van der Waals surface area contributed by atoms with Crippen LogP contribution in [-0.2, 0) is 12.6 Å². The molecule has 0 spiro atoms. The van der Waals surface area contributed by atoms with E-state index >= 15 is 8.78 Å². The lowest BCUT2D eigenvalue weighted by atomic mass is 9.93. The molecule has 3 aromatic rings. The first-order valence-electron chi connectivity index (χ1n) is 12.7. The van der Waals surface area contributed by atoms with Crippen LogP contribution < -0.4 is 16.0 Å². The Morgan fingerprint density at radius 2 is 1.67 bits per heavy atom. The molecule has 0 bridgehead atoms. The highest BCUT2D eigenvalue weighted by Crippen LogP contribution is 2.41. The number of halogens is 5. The summed E-state index contributed by atoms with van der Waals surface area (Å²) < 4.78 is 72.7. The number of carbonyl (C=O) groups excluding carboxylic acids is 1. The number of nitrogens with one attached hydrogen (secondary N) is 1. The molecular weight excluding hydrogens is 517 g/mol. The van der Waals surface area contributed by atoms with Gasteiger partial charge in [0.15, 0.2) is 0 Å². The molecule has 2 aromatic carbocycles. The van der Waals surface area contributed by atoms with Crippen LogP contribution in [-0.4, -0.2) is 54.6 Å². The highest BCUT2D eigenvalue weighted by Gasteiger charge is 2.36. The summed E-state index contributed by atoms with van der Waals surface area (Å²) in [7, 11) is 0. The number of aromatic nitrogens is 1. The fourth-order valence-corrected chi connectivity index (χ4v) is 5.26. The molecule has 0 radical (unpaired) electrons. The van der Waals surface area contributed by atoms with E-state index < -0.39 is 29.4 Å². The summed E-state index contributed by atoms with van der Waals surface area (Å²) in [5, 5.41) is 2.64. The summed E-state index contributed by atoms with van der Waals surface area (Å²) in [5.74, 6) is -2.56. The normalized spacial score (nSPS) is 16.4. The number of pyridine rings is 1. The maximum Gasteiger partial charge on any atom is 0.418 e.